The van der Waals surface area contributed by atoms with E-state index in [1.807, 2.05) is 0 Å². The number of ether oxygens (including phenoxy) is 2. The Morgan fingerprint density at radius 3 is 2.35 bits per heavy atom. The lowest BCUT2D eigenvalue weighted by atomic mass is 9.89. The Morgan fingerprint density at radius 2 is 1.85 bits per heavy atom. The lowest BCUT2D eigenvalue weighted by Gasteiger charge is -2.36. The van der Waals surface area contributed by atoms with Gasteiger partial charge in [-0.2, -0.15) is 0 Å². The zero-order chi connectivity index (χ0) is 15.2. The van der Waals surface area contributed by atoms with Gasteiger partial charge in [0.15, 0.2) is 0 Å². The van der Waals surface area contributed by atoms with E-state index in [1.54, 1.807) is 27.7 Å². The lowest BCUT2D eigenvalue weighted by molar-refractivity contribution is -0.144. The molecule has 0 aliphatic carbocycles. The second kappa shape index (κ2) is 6.90. The van der Waals surface area contributed by atoms with E-state index in [0.717, 1.165) is 0 Å². The van der Waals surface area contributed by atoms with Crippen molar-refractivity contribution in [2.45, 2.75) is 51.7 Å². The number of carbonyl (C=O) groups excluding carboxylic acids is 2. The Morgan fingerprint density at radius 1 is 1.25 bits per heavy atom. The van der Waals surface area contributed by atoms with E-state index in [2.05, 4.69) is 10.8 Å². The zero-order valence-corrected chi connectivity index (χ0v) is 12.6. The Balaban J connectivity index is 2.73. The molecular weight excluding hydrogens is 264 g/mol. The third-order valence-electron chi connectivity index (χ3n) is 2.83. The van der Waals surface area contributed by atoms with Crippen LogP contribution in [0.3, 0.4) is 0 Å². The molecule has 7 nitrogen and oxygen atoms in total. The van der Waals surface area contributed by atoms with Crippen LogP contribution in [0.15, 0.2) is 0 Å². The van der Waals surface area contributed by atoms with Crippen molar-refractivity contribution in [3.8, 4) is 0 Å². The summed E-state index contributed by atoms with van der Waals surface area (Å²) in [4.78, 5) is 29.1. The highest BCUT2D eigenvalue weighted by molar-refractivity contribution is 5.89. The van der Waals surface area contributed by atoms with E-state index in [9.17, 15) is 9.59 Å². The topological polar surface area (TPSA) is 85.9 Å². The van der Waals surface area contributed by atoms with Crippen molar-refractivity contribution in [2.24, 2.45) is 0 Å². The molecular formula is C13H24N2O5. The second-order valence-electron chi connectivity index (χ2n) is 5.69. The molecule has 1 saturated heterocycles. The van der Waals surface area contributed by atoms with Crippen molar-refractivity contribution in [1.82, 2.24) is 10.8 Å². The highest BCUT2D eigenvalue weighted by Crippen LogP contribution is 2.22. The largest absolute Gasteiger partial charge is 0.444 e. The summed E-state index contributed by atoms with van der Waals surface area (Å²) in [7, 11) is 0. The van der Waals surface area contributed by atoms with E-state index < -0.39 is 17.2 Å². The zero-order valence-electron chi connectivity index (χ0n) is 12.6. The summed E-state index contributed by atoms with van der Waals surface area (Å²) in [6.45, 7) is 8.21. The third-order valence-corrected chi connectivity index (χ3v) is 2.83. The Bertz CT molecular complexity index is 345. The molecule has 0 aromatic carbocycles. The highest BCUT2D eigenvalue weighted by atomic mass is 16.6. The van der Waals surface area contributed by atoms with Crippen LogP contribution >= 0.6 is 0 Å². The molecule has 1 fully saturated rings. The summed E-state index contributed by atoms with van der Waals surface area (Å²) in [6.07, 6.45) is 0.141. The molecule has 0 aromatic heterocycles. The van der Waals surface area contributed by atoms with Crippen LogP contribution in [0, 0.1) is 0 Å². The number of rotatable bonds is 4. The van der Waals surface area contributed by atoms with Gasteiger partial charge >= 0.3 is 6.09 Å². The normalized spacial score (nSPS) is 18.2. The first kappa shape index (κ1) is 16.7. The number of nitrogens with one attached hydrogen (secondary N) is 2. The molecule has 1 heterocycles. The number of amides is 2. The van der Waals surface area contributed by atoms with Crippen LogP contribution in [0.5, 0.6) is 0 Å². The molecule has 1 rings (SSSR count). The van der Waals surface area contributed by atoms with Gasteiger partial charge in [0.05, 0.1) is 6.61 Å². The standard InChI is InChI=1S/C13H24N2O5/c1-5-19-15-10(16)13(6-8-18-9-7-13)14-11(17)20-12(2,3)4/h5-9H2,1-4H3,(H,14,17)(H,15,16). The third kappa shape index (κ3) is 4.97. The summed E-state index contributed by atoms with van der Waals surface area (Å²) >= 11 is 0. The summed E-state index contributed by atoms with van der Waals surface area (Å²) in [5.74, 6) is -0.381. The van der Waals surface area contributed by atoms with Gasteiger partial charge in [-0.15, -0.1) is 0 Å². The van der Waals surface area contributed by atoms with Crippen molar-refractivity contribution in [1.29, 1.82) is 0 Å². The number of hydrogen-bond donors (Lipinski definition) is 2. The minimum absolute atomic E-state index is 0.352. The molecule has 2 amide bonds. The van der Waals surface area contributed by atoms with E-state index in [1.165, 1.54) is 0 Å². The lowest BCUT2D eigenvalue weighted by Crippen LogP contribution is -2.61. The molecule has 0 atom stereocenters. The molecule has 0 bridgehead atoms. The number of hydroxylamine groups is 1. The fraction of sp³-hybridized carbons (Fsp3) is 0.846. The van der Waals surface area contributed by atoms with E-state index in [-0.39, 0.29) is 5.91 Å². The van der Waals surface area contributed by atoms with Gasteiger partial charge in [-0.05, 0) is 27.7 Å². The molecule has 1 aliphatic heterocycles. The number of carbonyl (C=O) groups is 2. The summed E-state index contributed by atoms with van der Waals surface area (Å²) in [6, 6.07) is 0. The quantitative estimate of drug-likeness (QED) is 0.757. The fourth-order valence-corrected chi connectivity index (χ4v) is 1.86. The van der Waals surface area contributed by atoms with Crippen LogP contribution in [0.1, 0.15) is 40.5 Å². The minimum Gasteiger partial charge on any atom is -0.444 e. The summed E-state index contributed by atoms with van der Waals surface area (Å²) < 4.78 is 10.5. The SMILES string of the molecule is CCONC(=O)C1(NC(=O)OC(C)(C)C)CCOCC1. The van der Waals surface area contributed by atoms with Crippen molar-refractivity contribution < 1.29 is 23.9 Å². The maximum atomic E-state index is 12.2. The van der Waals surface area contributed by atoms with Crippen LogP contribution in [-0.4, -0.2) is 43.0 Å². The first-order valence-electron chi connectivity index (χ1n) is 6.80. The number of alkyl carbamates (subject to hydrolysis) is 1. The van der Waals surface area contributed by atoms with Crippen LogP contribution in [0.4, 0.5) is 4.79 Å². The first-order chi connectivity index (χ1) is 9.29. The van der Waals surface area contributed by atoms with Gasteiger partial charge in [-0.1, -0.05) is 0 Å². The summed E-state index contributed by atoms with van der Waals surface area (Å²) in [5.41, 5.74) is 0.682. The van der Waals surface area contributed by atoms with Crippen molar-refractivity contribution in [3.63, 3.8) is 0 Å². The van der Waals surface area contributed by atoms with Gasteiger partial charge < -0.3 is 14.8 Å². The van der Waals surface area contributed by atoms with Crippen LogP contribution in [-0.2, 0) is 19.1 Å². The van der Waals surface area contributed by atoms with Gasteiger partial charge in [0.1, 0.15) is 11.1 Å². The molecule has 0 spiro atoms. The monoisotopic (exact) mass is 288 g/mol. The number of hydrogen-bond acceptors (Lipinski definition) is 5. The van der Waals surface area contributed by atoms with Gasteiger partial charge in [0.25, 0.3) is 5.91 Å². The average Bonchev–Trinajstić information content (AvgIpc) is 2.34. The average molecular weight is 288 g/mol. The molecule has 20 heavy (non-hydrogen) atoms. The molecule has 116 valence electrons. The fourth-order valence-electron chi connectivity index (χ4n) is 1.86. The van der Waals surface area contributed by atoms with Crippen molar-refractivity contribution in [3.05, 3.63) is 0 Å². The van der Waals surface area contributed by atoms with E-state index in [0.29, 0.717) is 32.7 Å². The van der Waals surface area contributed by atoms with E-state index in [4.69, 9.17) is 14.3 Å². The van der Waals surface area contributed by atoms with Crippen LogP contribution < -0.4 is 10.8 Å². The molecule has 2 N–H and O–H groups in total. The Hall–Kier alpha value is -1.34. The maximum Gasteiger partial charge on any atom is 0.408 e. The van der Waals surface area contributed by atoms with Crippen molar-refractivity contribution in [2.75, 3.05) is 19.8 Å². The first-order valence-corrected chi connectivity index (χ1v) is 6.80. The molecule has 0 radical (unpaired) electrons. The van der Waals surface area contributed by atoms with Gasteiger partial charge in [-0.3, -0.25) is 9.63 Å². The Kier molecular flexibility index (Phi) is 5.76. The molecule has 0 saturated carbocycles. The van der Waals surface area contributed by atoms with Crippen molar-refractivity contribution >= 4 is 12.0 Å². The molecule has 7 heteroatoms. The predicted octanol–water partition coefficient (Wildman–Crippen LogP) is 1.13. The molecule has 0 unspecified atom stereocenters. The maximum absolute atomic E-state index is 12.2. The minimum atomic E-state index is -1.05. The van der Waals surface area contributed by atoms with Gasteiger partial charge in [-0.25, -0.2) is 10.3 Å². The highest BCUT2D eigenvalue weighted by Gasteiger charge is 2.42. The molecule has 0 aromatic rings. The predicted molar refractivity (Wildman–Crippen MR) is 71.9 cm³/mol. The smallest absolute Gasteiger partial charge is 0.408 e. The molecule has 1 aliphatic rings. The van der Waals surface area contributed by atoms with Gasteiger partial charge in [0, 0.05) is 26.1 Å². The van der Waals surface area contributed by atoms with Crippen LogP contribution in [0.2, 0.25) is 0 Å². The van der Waals surface area contributed by atoms with Crippen LogP contribution in [0.25, 0.3) is 0 Å². The second-order valence-corrected chi connectivity index (χ2v) is 5.69. The summed E-state index contributed by atoms with van der Waals surface area (Å²) in [5, 5.41) is 2.66. The van der Waals surface area contributed by atoms with E-state index >= 15 is 0 Å². The van der Waals surface area contributed by atoms with Gasteiger partial charge in [0.2, 0.25) is 0 Å². The Labute approximate surface area is 119 Å².